The van der Waals surface area contributed by atoms with Crippen LogP contribution in [0.25, 0.3) is 20.2 Å². The predicted molar refractivity (Wildman–Crippen MR) is 72.3 cm³/mol. The lowest BCUT2D eigenvalue weighted by molar-refractivity contribution is -0.136. The fraction of sp³-hybridized carbons (Fsp3) is 0.0714. The van der Waals surface area contributed by atoms with Gasteiger partial charge in [0.1, 0.15) is 5.75 Å². The number of carboxylic acids is 1. The minimum Gasteiger partial charge on any atom is -0.508 e. The third-order valence-corrected chi connectivity index (χ3v) is 4.14. The average Bonchev–Trinajstić information content (AvgIpc) is 2.67. The monoisotopic (exact) mass is 258 g/mol. The first-order valence-electron chi connectivity index (χ1n) is 5.50. The zero-order chi connectivity index (χ0) is 12.7. The Kier molecular flexibility index (Phi) is 2.45. The number of phenols is 1. The van der Waals surface area contributed by atoms with Crippen molar-refractivity contribution in [3.8, 4) is 5.75 Å². The van der Waals surface area contributed by atoms with E-state index in [4.69, 9.17) is 5.11 Å². The average molecular weight is 258 g/mol. The van der Waals surface area contributed by atoms with Gasteiger partial charge in [-0.25, -0.2) is 0 Å². The molecular formula is C14H10O3S. The molecule has 3 aromatic rings. The number of phenolic OH excluding ortho intramolecular Hbond substituents is 1. The van der Waals surface area contributed by atoms with Crippen molar-refractivity contribution < 1.29 is 15.0 Å². The van der Waals surface area contributed by atoms with Gasteiger partial charge in [-0.2, -0.15) is 0 Å². The van der Waals surface area contributed by atoms with Crippen molar-refractivity contribution in [2.75, 3.05) is 0 Å². The summed E-state index contributed by atoms with van der Waals surface area (Å²) in [5, 5.41) is 20.6. The molecule has 2 aromatic carbocycles. The van der Waals surface area contributed by atoms with Crippen molar-refractivity contribution in [2.45, 2.75) is 6.42 Å². The molecule has 0 saturated heterocycles. The van der Waals surface area contributed by atoms with E-state index in [0.29, 0.717) is 5.56 Å². The fourth-order valence-corrected chi connectivity index (χ4v) is 3.37. The van der Waals surface area contributed by atoms with Crippen molar-refractivity contribution in [2.24, 2.45) is 0 Å². The summed E-state index contributed by atoms with van der Waals surface area (Å²) < 4.78 is 2.04. The Morgan fingerprint density at radius 2 is 1.94 bits per heavy atom. The second-order valence-electron chi connectivity index (χ2n) is 4.15. The van der Waals surface area contributed by atoms with Crippen LogP contribution < -0.4 is 0 Å². The molecule has 3 rings (SSSR count). The first-order chi connectivity index (χ1) is 8.65. The largest absolute Gasteiger partial charge is 0.508 e. The highest BCUT2D eigenvalue weighted by molar-refractivity contribution is 7.26. The number of aromatic hydroxyl groups is 1. The number of rotatable bonds is 2. The molecule has 1 aromatic heterocycles. The van der Waals surface area contributed by atoms with Gasteiger partial charge in [0.2, 0.25) is 0 Å². The summed E-state index contributed by atoms with van der Waals surface area (Å²) in [6.45, 7) is 0. The van der Waals surface area contributed by atoms with Gasteiger partial charge in [0, 0.05) is 20.2 Å². The molecule has 0 bridgehead atoms. The third kappa shape index (κ3) is 1.71. The second kappa shape index (κ2) is 3.99. The molecule has 0 unspecified atom stereocenters. The van der Waals surface area contributed by atoms with Crippen LogP contribution in [0.2, 0.25) is 0 Å². The van der Waals surface area contributed by atoms with Crippen LogP contribution in [-0.4, -0.2) is 16.2 Å². The van der Waals surface area contributed by atoms with E-state index < -0.39 is 5.97 Å². The van der Waals surface area contributed by atoms with Crippen LogP contribution in [0.15, 0.2) is 36.4 Å². The second-order valence-corrected chi connectivity index (χ2v) is 5.20. The first-order valence-corrected chi connectivity index (χ1v) is 6.32. The van der Waals surface area contributed by atoms with Crippen molar-refractivity contribution >= 4 is 37.5 Å². The van der Waals surface area contributed by atoms with Crippen molar-refractivity contribution in [3.05, 3.63) is 42.0 Å². The van der Waals surface area contributed by atoms with Crippen LogP contribution in [0.5, 0.6) is 5.75 Å². The summed E-state index contributed by atoms with van der Waals surface area (Å²) in [5.41, 5.74) is 0.665. The molecule has 0 fully saturated rings. The summed E-state index contributed by atoms with van der Waals surface area (Å²) in [6.07, 6.45) is -0.0717. The number of carbonyl (C=O) groups is 1. The van der Waals surface area contributed by atoms with Gasteiger partial charge in [0.05, 0.1) is 6.42 Å². The maximum absolute atomic E-state index is 10.9. The molecule has 2 N–H and O–H groups in total. The van der Waals surface area contributed by atoms with E-state index >= 15 is 0 Å². The normalized spacial score (nSPS) is 11.1. The molecule has 0 amide bonds. The molecule has 90 valence electrons. The lowest BCUT2D eigenvalue weighted by Crippen LogP contribution is -1.99. The van der Waals surface area contributed by atoms with Gasteiger partial charge in [-0.1, -0.05) is 18.2 Å². The highest BCUT2D eigenvalue weighted by atomic mass is 32.1. The highest BCUT2D eigenvalue weighted by Crippen LogP contribution is 2.38. The Bertz CT molecular complexity index is 758. The summed E-state index contributed by atoms with van der Waals surface area (Å²) in [7, 11) is 0. The number of aliphatic carboxylic acids is 1. The Morgan fingerprint density at radius 1 is 1.17 bits per heavy atom. The summed E-state index contributed by atoms with van der Waals surface area (Å²) in [6, 6.07) is 11.1. The standard InChI is InChI=1S/C14H10O3S/c15-9-5-8(6-13(16)17)14-11(7-9)10-3-1-2-4-12(10)18-14/h1-5,7,15H,6H2,(H,16,17). The number of thiophene rings is 1. The molecular weight excluding hydrogens is 248 g/mol. The van der Waals surface area contributed by atoms with Crippen LogP contribution >= 0.6 is 11.3 Å². The zero-order valence-electron chi connectivity index (χ0n) is 9.38. The van der Waals surface area contributed by atoms with Crippen LogP contribution in [-0.2, 0) is 11.2 Å². The number of carboxylic acid groups (broad SMARTS) is 1. The van der Waals surface area contributed by atoms with Gasteiger partial charge < -0.3 is 10.2 Å². The van der Waals surface area contributed by atoms with E-state index in [0.717, 1.165) is 20.2 Å². The van der Waals surface area contributed by atoms with Gasteiger partial charge in [0.25, 0.3) is 0 Å². The Morgan fingerprint density at radius 3 is 2.72 bits per heavy atom. The minimum atomic E-state index is -0.889. The van der Waals surface area contributed by atoms with E-state index in [1.165, 1.54) is 6.07 Å². The van der Waals surface area contributed by atoms with Gasteiger partial charge >= 0.3 is 5.97 Å². The third-order valence-electron chi connectivity index (χ3n) is 2.88. The van der Waals surface area contributed by atoms with Crippen LogP contribution in [0.3, 0.4) is 0 Å². The van der Waals surface area contributed by atoms with Crippen LogP contribution in [0.1, 0.15) is 5.56 Å². The van der Waals surface area contributed by atoms with E-state index in [2.05, 4.69) is 0 Å². The molecule has 0 spiro atoms. The lowest BCUT2D eigenvalue weighted by atomic mass is 10.1. The van der Waals surface area contributed by atoms with Crippen LogP contribution in [0, 0.1) is 0 Å². The van der Waals surface area contributed by atoms with E-state index in [-0.39, 0.29) is 12.2 Å². The summed E-state index contributed by atoms with van der Waals surface area (Å²) in [5.74, 6) is -0.776. The molecule has 1 heterocycles. The van der Waals surface area contributed by atoms with Crippen LogP contribution in [0.4, 0.5) is 0 Å². The maximum atomic E-state index is 10.9. The zero-order valence-corrected chi connectivity index (χ0v) is 10.2. The molecule has 0 aliphatic heterocycles. The van der Waals surface area contributed by atoms with Crippen molar-refractivity contribution in [1.29, 1.82) is 0 Å². The number of hydrogen-bond acceptors (Lipinski definition) is 3. The summed E-state index contributed by atoms with van der Waals surface area (Å²) >= 11 is 1.56. The summed E-state index contributed by atoms with van der Waals surface area (Å²) in [4.78, 5) is 10.9. The maximum Gasteiger partial charge on any atom is 0.307 e. The molecule has 3 nitrogen and oxygen atoms in total. The number of hydrogen-bond donors (Lipinski definition) is 2. The molecule has 18 heavy (non-hydrogen) atoms. The predicted octanol–water partition coefficient (Wildman–Crippen LogP) is 3.39. The van der Waals surface area contributed by atoms with Gasteiger partial charge in [0.15, 0.2) is 0 Å². The fourth-order valence-electron chi connectivity index (χ4n) is 2.18. The number of fused-ring (bicyclic) bond motifs is 3. The van der Waals surface area contributed by atoms with E-state index in [1.807, 2.05) is 24.3 Å². The smallest absolute Gasteiger partial charge is 0.307 e. The quantitative estimate of drug-likeness (QED) is 0.740. The Hall–Kier alpha value is -2.07. The lowest BCUT2D eigenvalue weighted by Gasteiger charge is -2.01. The Balaban J connectivity index is 2.39. The minimum absolute atomic E-state index is 0.0717. The first kappa shape index (κ1) is 11.0. The van der Waals surface area contributed by atoms with Crippen molar-refractivity contribution in [1.82, 2.24) is 0 Å². The SMILES string of the molecule is O=C(O)Cc1cc(O)cc2c1sc1ccccc12. The molecule has 0 atom stereocenters. The van der Waals surface area contributed by atoms with Gasteiger partial charge in [-0.15, -0.1) is 11.3 Å². The molecule has 0 aliphatic rings. The van der Waals surface area contributed by atoms with Gasteiger partial charge in [-0.3, -0.25) is 4.79 Å². The van der Waals surface area contributed by atoms with E-state index in [9.17, 15) is 9.90 Å². The van der Waals surface area contributed by atoms with Crippen molar-refractivity contribution in [3.63, 3.8) is 0 Å². The molecule has 0 saturated carbocycles. The molecule has 0 aliphatic carbocycles. The molecule has 4 heteroatoms. The Labute approximate surface area is 107 Å². The van der Waals surface area contributed by atoms with E-state index in [1.54, 1.807) is 17.4 Å². The topological polar surface area (TPSA) is 57.5 Å². The highest BCUT2D eigenvalue weighted by Gasteiger charge is 2.12. The number of benzene rings is 2. The van der Waals surface area contributed by atoms with Gasteiger partial charge in [-0.05, 0) is 23.8 Å². The molecule has 0 radical (unpaired) electrons.